The number of nitrogens with two attached hydrogens (primary N) is 1. The lowest BCUT2D eigenvalue weighted by molar-refractivity contribution is 0.110. The number of likely N-dealkylation sites (tertiary alicyclic amines) is 1. The van der Waals surface area contributed by atoms with Crippen LogP contribution >= 0.6 is 0 Å². The molecule has 2 N–H and O–H groups in total. The van der Waals surface area contributed by atoms with Crippen LogP contribution in [-0.2, 0) is 0 Å². The molecule has 0 bridgehead atoms. The van der Waals surface area contributed by atoms with E-state index >= 15 is 0 Å². The van der Waals surface area contributed by atoms with Crippen molar-refractivity contribution in [3.63, 3.8) is 0 Å². The second kappa shape index (κ2) is 16.8. The first-order valence-electron chi connectivity index (χ1n) is 11.9. The van der Waals surface area contributed by atoms with Crippen LogP contribution in [0.1, 0.15) is 122 Å². The van der Waals surface area contributed by atoms with Crippen LogP contribution in [0.4, 0.5) is 0 Å². The molecule has 0 spiro atoms. The Balaban J connectivity index is 1.87. The molecule has 0 aliphatic carbocycles. The monoisotopic (exact) mass is 364 g/mol. The van der Waals surface area contributed by atoms with Crippen molar-refractivity contribution in [2.24, 2.45) is 5.73 Å². The molecule has 0 aromatic rings. The Morgan fingerprint density at radius 3 is 1.85 bits per heavy atom. The molecule has 2 nitrogen and oxygen atoms in total. The summed E-state index contributed by atoms with van der Waals surface area (Å²) in [6.07, 6.45) is 27.4. The summed E-state index contributed by atoms with van der Waals surface area (Å²) in [5.41, 5.74) is 6.20. The largest absolute Gasteiger partial charge is 0.312 e. The van der Waals surface area contributed by atoms with Gasteiger partial charge in [-0.05, 0) is 19.3 Å². The van der Waals surface area contributed by atoms with Crippen LogP contribution in [0, 0.1) is 0 Å². The summed E-state index contributed by atoms with van der Waals surface area (Å²) in [4.78, 5) is 2.48. The minimum atomic E-state index is 0.0620. The lowest BCUT2D eigenvalue weighted by atomic mass is 9.95. The van der Waals surface area contributed by atoms with Gasteiger partial charge in [-0.2, -0.15) is 0 Å². The average molecular weight is 365 g/mol. The van der Waals surface area contributed by atoms with E-state index in [4.69, 9.17) is 5.73 Å². The lowest BCUT2D eigenvalue weighted by Gasteiger charge is -2.38. The number of unbranched alkanes of at least 4 members (excludes halogenated alkanes) is 13. The van der Waals surface area contributed by atoms with Gasteiger partial charge in [0.05, 0.1) is 6.17 Å². The molecule has 1 aliphatic heterocycles. The highest BCUT2D eigenvalue weighted by molar-refractivity contribution is 4.89. The molecular weight excluding hydrogens is 316 g/mol. The van der Waals surface area contributed by atoms with Crippen molar-refractivity contribution in [3.05, 3.63) is 12.7 Å². The quantitative estimate of drug-likeness (QED) is 0.219. The van der Waals surface area contributed by atoms with E-state index in [2.05, 4.69) is 18.4 Å². The van der Waals surface area contributed by atoms with Crippen molar-refractivity contribution in [1.29, 1.82) is 0 Å². The second-order valence-electron chi connectivity index (χ2n) is 8.50. The summed E-state index contributed by atoms with van der Waals surface area (Å²) < 4.78 is 0. The van der Waals surface area contributed by atoms with Gasteiger partial charge in [0.15, 0.2) is 0 Å². The predicted octanol–water partition coefficient (Wildman–Crippen LogP) is 7.18. The molecule has 0 radical (unpaired) electrons. The van der Waals surface area contributed by atoms with Gasteiger partial charge in [-0.1, -0.05) is 109 Å². The summed E-state index contributed by atoms with van der Waals surface area (Å²) in [5.74, 6) is 0. The molecule has 26 heavy (non-hydrogen) atoms. The predicted molar refractivity (Wildman–Crippen MR) is 117 cm³/mol. The highest BCUT2D eigenvalue weighted by Gasteiger charge is 2.24. The van der Waals surface area contributed by atoms with E-state index in [1.165, 1.54) is 116 Å². The van der Waals surface area contributed by atoms with Gasteiger partial charge in [0.25, 0.3) is 0 Å². The molecule has 1 saturated heterocycles. The van der Waals surface area contributed by atoms with Crippen molar-refractivity contribution in [1.82, 2.24) is 4.90 Å². The maximum absolute atomic E-state index is 6.20. The van der Waals surface area contributed by atoms with Gasteiger partial charge in [-0.15, -0.1) is 6.58 Å². The second-order valence-corrected chi connectivity index (χ2v) is 8.50. The third-order valence-corrected chi connectivity index (χ3v) is 6.19. The van der Waals surface area contributed by atoms with Gasteiger partial charge in [-0.25, -0.2) is 0 Å². The Labute approximate surface area is 165 Å². The molecule has 2 unspecified atom stereocenters. The fraction of sp³-hybridized carbons (Fsp3) is 0.917. The molecule has 1 aliphatic rings. The maximum atomic E-state index is 6.20. The first-order chi connectivity index (χ1) is 12.8. The van der Waals surface area contributed by atoms with Crippen LogP contribution in [0.2, 0.25) is 0 Å². The maximum Gasteiger partial charge on any atom is 0.0763 e. The Hall–Kier alpha value is -0.340. The van der Waals surface area contributed by atoms with Crippen LogP contribution < -0.4 is 5.73 Å². The van der Waals surface area contributed by atoms with E-state index in [1.807, 2.05) is 6.08 Å². The number of rotatable bonds is 17. The number of nitrogens with zero attached hydrogens (tertiary/aromatic N) is 1. The van der Waals surface area contributed by atoms with E-state index < -0.39 is 0 Å². The van der Waals surface area contributed by atoms with Crippen molar-refractivity contribution >= 4 is 0 Å². The van der Waals surface area contributed by atoms with E-state index in [0.29, 0.717) is 6.04 Å². The molecular formula is C24H48N2. The summed E-state index contributed by atoms with van der Waals surface area (Å²) >= 11 is 0. The van der Waals surface area contributed by atoms with Crippen molar-refractivity contribution < 1.29 is 0 Å². The van der Waals surface area contributed by atoms with E-state index in [0.717, 1.165) is 6.54 Å². The molecule has 0 amide bonds. The van der Waals surface area contributed by atoms with Gasteiger partial charge in [0, 0.05) is 12.6 Å². The van der Waals surface area contributed by atoms with Gasteiger partial charge in [0.1, 0.15) is 0 Å². The zero-order valence-electron chi connectivity index (χ0n) is 17.9. The molecule has 154 valence electrons. The minimum Gasteiger partial charge on any atom is -0.312 e. The molecule has 0 aromatic heterocycles. The number of hydrogen-bond acceptors (Lipinski definition) is 2. The highest BCUT2D eigenvalue weighted by atomic mass is 15.2. The van der Waals surface area contributed by atoms with Gasteiger partial charge < -0.3 is 5.73 Å². The third kappa shape index (κ3) is 11.4. The Bertz CT molecular complexity index is 315. The Morgan fingerprint density at radius 1 is 0.846 bits per heavy atom. The van der Waals surface area contributed by atoms with Crippen molar-refractivity contribution in [3.8, 4) is 0 Å². The fourth-order valence-electron chi connectivity index (χ4n) is 4.44. The first-order valence-corrected chi connectivity index (χ1v) is 11.9. The molecule has 1 fully saturated rings. The zero-order chi connectivity index (χ0) is 18.9. The van der Waals surface area contributed by atoms with Crippen LogP contribution in [0.3, 0.4) is 0 Å². The third-order valence-electron chi connectivity index (χ3n) is 6.19. The molecule has 2 heteroatoms. The standard InChI is InChI=1S/C24H48N2/c1-3-5-6-7-8-9-10-11-12-13-14-15-16-17-20-23-21-18-19-22-26(23)24(25)4-2/h4,23-24H,2-3,5-22,25H2,1H3. The van der Waals surface area contributed by atoms with Gasteiger partial charge in [-0.3, -0.25) is 4.90 Å². The summed E-state index contributed by atoms with van der Waals surface area (Å²) in [7, 11) is 0. The summed E-state index contributed by atoms with van der Waals surface area (Å²) in [5, 5.41) is 0. The molecule has 2 atom stereocenters. The molecule has 1 heterocycles. The molecule has 0 aromatic carbocycles. The SMILES string of the molecule is C=CC(N)N1CCCCC1CCCCCCCCCCCCCCCC. The van der Waals surface area contributed by atoms with Crippen molar-refractivity contribution in [2.45, 2.75) is 135 Å². The van der Waals surface area contributed by atoms with E-state index in [9.17, 15) is 0 Å². The molecule has 0 saturated carbocycles. The summed E-state index contributed by atoms with van der Waals surface area (Å²) in [6, 6.07) is 0.703. The zero-order valence-corrected chi connectivity index (χ0v) is 17.9. The fourth-order valence-corrected chi connectivity index (χ4v) is 4.44. The Morgan fingerprint density at radius 2 is 1.35 bits per heavy atom. The lowest BCUT2D eigenvalue weighted by Crippen LogP contribution is -2.49. The Kier molecular flexibility index (Phi) is 15.3. The summed E-state index contributed by atoms with van der Waals surface area (Å²) in [6.45, 7) is 7.33. The van der Waals surface area contributed by atoms with E-state index in [-0.39, 0.29) is 6.17 Å². The van der Waals surface area contributed by atoms with Crippen LogP contribution in [0.5, 0.6) is 0 Å². The number of hydrogen-bond donors (Lipinski definition) is 1. The van der Waals surface area contributed by atoms with Gasteiger partial charge >= 0.3 is 0 Å². The van der Waals surface area contributed by atoms with Gasteiger partial charge in [0.2, 0.25) is 0 Å². The highest BCUT2D eigenvalue weighted by Crippen LogP contribution is 2.23. The minimum absolute atomic E-state index is 0.0620. The average Bonchev–Trinajstić information content (AvgIpc) is 2.68. The molecule has 1 rings (SSSR count). The van der Waals surface area contributed by atoms with Crippen molar-refractivity contribution in [2.75, 3.05) is 6.54 Å². The normalized spacial score (nSPS) is 19.5. The van der Waals surface area contributed by atoms with Crippen LogP contribution in [0.15, 0.2) is 12.7 Å². The number of piperidine rings is 1. The first kappa shape index (κ1) is 23.7. The van der Waals surface area contributed by atoms with Crippen LogP contribution in [0.25, 0.3) is 0 Å². The van der Waals surface area contributed by atoms with E-state index in [1.54, 1.807) is 0 Å². The van der Waals surface area contributed by atoms with Crippen LogP contribution in [-0.4, -0.2) is 23.7 Å². The smallest absolute Gasteiger partial charge is 0.0763 e. The topological polar surface area (TPSA) is 29.3 Å².